The normalized spacial score (nSPS) is 12.7. The maximum atomic E-state index is 10.4. The molecule has 2 aromatic heterocycles. The highest BCUT2D eigenvalue weighted by molar-refractivity contribution is 7.09. The molecule has 3 aromatic rings. The molecule has 0 radical (unpaired) electrons. The lowest BCUT2D eigenvalue weighted by molar-refractivity contribution is 0.166. The molecule has 0 aliphatic carbocycles. The lowest BCUT2D eigenvalue weighted by atomic mass is 9.99. The zero-order chi connectivity index (χ0) is 13.8. The van der Waals surface area contributed by atoms with Crippen LogP contribution in [0, 0.1) is 0 Å². The Bertz CT molecular complexity index is 673. The quantitative estimate of drug-likeness (QED) is 0.755. The summed E-state index contributed by atoms with van der Waals surface area (Å²) < 4.78 is 0. The summed E-state index contributed by atoms with van der Waals surface area (Å²) in [4.78, 5) is 5.72. The van der Waals surface area contributed by atoms with Gasteiger partial charge in [-0.25, -0.2) is 0 Å². The Morgan fingerprint density at radius 2 is 2.05 bits per heavy atom. The summed E-state index contributed by atoms with van der Waals surface area (Å²) in [5.74, 6) is 0. The van der Waals surface area contributed by atoms with Crippen molar-refractivity contribution in [2.75, 3.05) is 0 Å². The van der Waals surface area contributed by atoms with Crippen LogP contribution in [0.15, 0.2) is 54.0 Å². The maximum Gasteiger partial charge on any atom is 0.0796 e. The Morgan fingerprint density at radius 3 is 2.90 bits per heavy atom. The summed E-state index contributed by atoms with van der Waals surface area (Å²) in [7, 11) is 0. The highest BCUT2D eigenvalue weighted by atomic mass is 32.1. The summed E-state index contributed by atoms with van der Waals surface area (Å²) in [6.45, 7) is 0. The van der Waals surface area contributed by atoms with Crippen LogP contribution >= 0.6 is 11.3 Å². The molecule has 3 rings (SSSR count). The summed E-state index contributed by atoms with van der Waals surface area (Å²) in [6.07, 6.45) is 4.19. The van der Waals surface area contributed by atoms with Gasteiger partial charge < -0.3 is 5.11 Å². The molecule has 20 heavy (non-hydrogen) atoms. The Kier molecular flexibility index (Phi) is 4.09. The SMILES string of the molecule is OC(CCCc1cccs1)c1cccc2ncccc12. The molecule has 1 aromatic carbocycles. The van der Waals surface area contributed by atoms with Gasteiger partial charge in [0.2, 0.25) is 0 Å². The van der Waals surface area contributed by atoms with E-state index in [-0.39, 0.29) is 0 Å². The van der Waals surface area contributed by atoms with Crippen LogP contribution in [0.5, 0.6) is 0 Å². The summed E-state index contributed by atoms with van der Waals surface area (Å²) in [6, 6.07) is 14.1. The fourth-order valence-electron chi connectivity index (χ4n) is 2.50. The van der Waals surface area contributed by atoms with Gasteiger partial charge in [-0.3, -0.25) is 4.98 Å². The Labute approximate surface area is 122 Å². The predicted molar refractivity (Wildman–Crippen MR) is 84.0 cm³/mol. The van der Waals surface area contributed by atoms with Crippen molar-refractivity contribution in [3.63, 3.8) is 0 Å². The maximum absolute atomic E-state index is 10.4. The third-order valence-corrected chi connectivity index (χ3v) is 4.46. The van der Waals surface area contributed by atoms with E-state index in [0.717, 1.165) is 35.7 Å². The number of hydrogen-bond acceptors (Lipinski definition) is 3. The van der Waals surface area contributed by atoms with Gasteiger partial charge in [0.15, 0.2) is 0 Å². The van der Waals surface area contributed by atoms with Crippen molar-refractivity contribution in [1.29, 1.82) is 0 Å². The van der Waals surface area contributed by atoms with E-state index in [4.69, 9.17) is 0 Å². The molecule has 0 aliphatic rings. The molecule has 102 valence electrons. The predicted octanol–water partition coefficient (Wildman–Crippen LogP) is 4.35. The van der Waals surface area contributed by atoms with E-state index in [1.165, 1.54) is 4.88 Å². The number of thiophene rings is 1. The van der Waals surface area contributed by atoms with E-state index in [9.17, 15) is 5.11 Å². The van der Waals surface area contributed by atoms with Gasteiger partial charge in [-0.05, 0) is 48.4 Å². The first-order valence-electron chi connectivity index (χ1n) is 6.89. The van der Waals surface area contributed by atoms with Gasteiger partial charge in [0, 0.05) is 16.5 Å². The third-order valence-electron chi connectivity index (χ3n) is 3.52. The molecule has 0 aliphatic heterocycles. The minimum Gasteiger partial charge on any atom is -0.388 e. The Balaban J connectivity index is 1.70. The van der Waals surface area contributed by atoms with Crippen LogP contribution < -0.4 is 0 Å². The summed E-state index contributed by atoms with van der Waals surface area (Å²) in [5, 5.41) is 13.6. The second kappa shape index (κ2) is 6.16. The molecule has 0 saturated heterocycles. The number of aromatic nitrogens is 1. The fraction of sp³-hybridized carbons (Fsp3) is 0.235. The van der Waals surface area contributed by atoms with E-state index < -0.39 is 6.10 Å². The molecule has 1 unspecified atom stereocenters. The first-order valence-corrected chi connectivity index (χ1v) is 7.76. The number of aliphatic hydroxyl groups excluding tert-OH is 1. The van der Waals surface area contributed by atoms with Crippen molar-refractivity contribution in [2.24, 2.45) is 0 Å². The van der Waals surface area contributed by atoms with Crippen LogP contribution in [0.1, 0.15) is 29.4 Å². The van der Waals surface area contributed by atoms with Crippen LogP contribution in [0.3, 0.4) is 0 Å². The van der Waals surface area contributed by atoms with Crippen molar-refractivity contribution >= 4 is 22.2 Å². The van der Waals surface area contributed by atoms with E-state index in [1.807, 2.05) is 30.3 Å². The zero-order valence-corrected chi connectivity index (χ0v) is 12.0. The van der Waals surface area contributed by atoms with E-state index in [0.29, 0.717) is 0 Å². The molecule has 0 fully saturated rings. The number of fused-ring (bicyclic) bond motifs is 1. The molecule has 3 heteroatoms. The van der Waals surface area contributed by atoms with E-state index >= 15 is 0 Å². The summed E-state index contributed by atoms with van der Waals surface area (Å²) >= 11 is 1.78. The average molecular weight is 283 g/mol. The molecule has 0 saturated carbocycles. The van der Waals surface area contributed by atoms with Gasteiger partial charge in [-0.15, -0.1) is 11.3 Å². The van der Waals surface area contributed by atoms with Gasteiger partial charge in [-0.2, -0.15) is 0 Å². The van der Waals surface area contributed by atoms with Gasteiger partial charge in [-0.1, -0.05) is 24.3 Å². The second-order valence-electron chi connectivity index (χ2n) is 4.90. The number of aryl methyl sites for hydroxylation is 1. The van der Waals surface area contributed by atoms with Crippen molar-refractivity contribution < 1.29 is 5.11 Å². The number of nitrogens with zero attached hydrogens (tertiary/aromatic N) is 1. The highest BCUT2D eigenvalue weighted by Crippen LogP contribution is 2.26. The molecule has 0 amide bonds. The van der Waals surface area contributed by atoms with Gasteiger partial charge >= 0.3 is 0 Å². The molecule has 1 atom stereocenters. The Morgan fingerprint density at radius 1 is 1.10 bits per heavy atom. The minimum absolute atomic E-state index is 0.414. The molecule has 0 spiro atoms. The van der Waals surface area contributed by atoms with Crippen molar-refractivity contribution in [2.45, 2.75) is 25.4 Å². The van der Waals surface area contributed by atoms with Crippen LogP contribution in [-0.4, -0.2) is 10.1 Å². The highest BCUT2D eigenvalue weighted by Gasteiger charge is 2.11. The topological polar surface area (TPSA) is 33.1 Å². The van der Waals surface area contributed by atoms with Crippen molar-refractivity contribution in [1.82, 2.24) is 4.98 Å². The number of pyridine rings is 1. The average Bonchev–Trinajstić information content (AvgIpc) is 3.00. The second-order valence-corrected chi connectivity index (χ2v) is 5.94. The lowest BCUT2D eigenvalue weighted by Gasteiger charge is -2.13. The van der Waals surface area contributed by atoms with Crippen LogP contribution in [0.25, 0.3) is 10.9 Å². The van der Waals surface area contributed by atoms with Gasteiger partial charge in [0.05, 0.1) is 11.6 Å². The van der Waals surface area contributed by atoms with Crippen LogP contribution in [-0.2, 0) is 6.42 Å². The monoisotopic (exact) mass is 283 g/mol. The number of aliphatic hydroxyl groups is 1. The number of rotatable bonds is 5. The molecular formula is C17H17NOS. The van der Waals surface area contributed by atoms with E-state index in [2.05, 4.69) is 22.5 Å². The Hall–Kier alpha value is -1.71. The molecular weight excluding hydrogens is 266 g/mol. The van der Waals surface area contributed by atoms with Gasteiger partial charge in [0.25, 0.3) is 0 Å². The number of hydrogen-bond donors (Lipinski definition) is 1. The van der Waals surface area contributed by atoms with Crippen LogP contribution in [0.2, 0.25) is 0 Å². The fourth-order valence-corrected chi connectivity index (χ4v) is 3.25. The standard InChI is InChI=1S/C17H17NOS/c19-17(10-1-5-13-6-4-12-20-13)15-7-2-9-16-14(15)8-3-11-18-16/h2-4,6-9,11-12,17,19H,1,5,10H2. The van der Waals surface area contributed by atoms with Gasteiger partial charge in [0.1, 0.15) is 0 Å². The number of benzene rings is 1. The molecule has 0 bridgehead atoms. The summed E-state index contributed by atoms with van der Waals surface area (Å²) in [5.41, 5.74) is 1.93. The largest absolute Gasteiger partial charge is 0.388 e. The van der Waals surface area contributed by atoms with Crippen molar-refractivity contribution in [3.05, 3.63) is 64.5 Å². The minimum atomic E-state index is -0.414. The first-order chi connectivity index (χ1) is 9.84. The third kappa shape index (κ3) is 2.89. The zero-order valence-electron chi connectivity index (χ0n) is 11.2. The first kappa shape index (κ1) is 13.3. The smallest absolute Gasteiger partial charge is 0.0796 e. The lowest BCUT2D eigenvalue weighted by Crippen LogP contribution is -1.99. The van der Waals surface area contributed by atoms with Crippen molar-refractivity contribution in [3.8, 4) is 0 Å². The van der Waals surface area contributed by atoms with E-state index in [1.54, 1.807) is 17.5 Å². The molecule has 2 heterocycles. The molecule has 2 nitrogen and oxygen atoms in total. The van der Waals surface area contributed by atoms with Crippen LogP contribution in [0.4, 0.5) is 0 Å². The molecule has 1 N–H and O–H groups in total.